The molecule has 23 heavy (non-hydrogen) atoms. The van der Waals surface area contributed by atoms with Gasteiger partial charge in [-0.2, -0.15) is 0 Å². The average Bonchev–Trinajstić information content (AvgIpc) is 2.45. The van der Waals surface area contributed by atoms with Crippen molar-refractivity contribution < 1.29 is 14.7 Å². The number of rotatable bonds is 3. The number of nitrogens with one attached hydrogen (secondary N) is 2. The normalized spacial score (nSPS) is 9.26. The Morgan fingerprint density at radius 1 is 1.30 bits per heavy atom. The maximum Gasteiger partial charge on any atom is 0.411 e. The van der Waals surface area contributed by atoms with Crippen molar-refractivity contribution in [3.05, 3.63) is 48.2 Å². The Morgan fingerprint density at radius 2 is 1.74 bits per heavy atom. The van der Waals surface area contributed by atoms with Gasteiger partial charge in [0.2, 0.25) is 0 Å². The molecule has 8 heteroatoms. The number of hydrogen-bond acceptors (Lipinski definition) is 5. The quantitative estimate of drug-likeness (QED) is 0.250. The minimum Gasteiger partial charge on any atom is -0.444 e. The van der Waals surface area contributed by atoms with E-state index in [-0.39, 0.29) is 18.3 Å². The summed E-state index contributed by atoms with van der Waals surface area (Å²) in [6.07, 6.45) is -0.471. The molecule has 1 rings (SSSR count). The van der Waals surface area contributed by atoms with E-state index in [9.17, 15) is 4.79 Å². The van der Waals surface area contributed by atoms with Crippen molar-refractivity contribution >= 4 is 17.8 Å². The summed E-state index contributed by atoms with van der Waals surface area (Å²) >= 11 is 0. The molecule has 1 aromatic rings. The van der Waals surface area contributed by atoms with E-state index in [0.717, 1.165) is 5.56 Å². The third kappa shape index (κ3) is 21.4. The first-order chi connectivity index (χ1) is 10.7. The second kappa shape index (κ2) is 13.9. The zero-order valence-corrected chi connectivity index (χ0v) is 13.7. The fourth-order valence-corrected chi connectivity index (χ4v) is 0.933. The number of carbonyl (C=O) groups excluding carboxylic acids is 1. The van der Waals surface area contributed by atoms with Gasteiger partial charge in [-0.05, 0) is 26.3 Å². The highest BCUT2D eigenvalue weighted by molar-refractivity contribution is 5.76. The highest BCUT2D eigenvalue weighted by atomic mass is 16.5. The van der Waals surface area contributed by atoms with Crippen LogP contribution in [0.15, 0.2) is 47.8 Å². The maximum atomic E-state index is 11.0. The van der Waals surface area contributed by atoms with Crippen LogP contribution in [0.3, 0.4) is 0 Å². The second-order valence-corrected chi connectivity index (χ2v) is 4.39. The third-order valence-corrected chi connectivity index (χ3v) is 1.69. The van der Waals surface area contributed by atoms with Gasteiger partial charge in [0.1, 0.15) is 12.4 Å². The second-order valence-electron chi connectivity index (χ2n) is 4.39. The number of amidine groups is 2. The van der Waals surface area contributed by atoms with Crippen LogP contribution < -0.4 is 16.8 Å². The van der Waals surface area contributed by atoms with Gasteiger partial charge in [-0.1, -0.05) is 42.1 Å². The van der Waals surface area contributed by atoms with Crippen molar-refractivity contribution in [2.45, 2.75) is 27.4 Å². The highest BCUT2D eigenvalue weighted by Gasteiger charge is 2.00. The highest BCUT2D eigenvalue weighted by Crippen LogP contribution is 2.00. The van der Waals surface area contributed by atoms with Crippen LogP contribution in [-0.2, 0) is 11.3 Å². The Balaban J connectivity index is 0. The molecule has 1 amide bonds. The number of ether oxygens (including phenoxy) is 1. The zero-order chi connectivity index (χ0) is 18.3. The van der Waals surface area contributed by atoms with Crippen LogP contribution in [-0.4, -0.2) is 23.0 Å². The van der Waals surface area contributed by atoms with Crippen LogP contribution in [0.1, 0.15) is 26.3 Å². The van der Waals surface area contributed by atoms with E-state index in [4.69, 9.17) is 26.8 Å². The first-order valence-electron chi connectivity index (χ1n) is 6.57. The Labute approximate surface area is 136 Å². The van der Waals surface area contributed by atoms with Gasteiger partial charge in [-0.15, -0.1) is 0 Å². The molecule has 0 saturated carbocycles. The first-order valence-corrected chi connectivity index (χ1v) is 6.57. The lowest BCUT2D eigenvalue weighted by Gasteiger charge is -2.05. The molecule has 0 spiro atoms. The van der Waals surface area contributed by atoms with Crippen LogP contribution in [0, 0.1) is 5.41 Å². The standard InChI is InChI=1S/C11H13NO2.C2H6N2O.C2H6N2/c1-9(2)12-11(13)14-8-10-6-4-3-5-7-10;1-2(3)4-5;1-2(3)4/h3-7H,1,8H2,2H3,(H,12,13);5H,1H3,(H2,3,4);1H3,(H3,3,4). The largest absolute Gasteiger partial charge is 0.444 e. The molecule has 0 bridgehead atoms. The molecular weight excluding hydrogens is 298 g/mol. The van der Waals surface area contributed by atoms with Gasteiger partial charge in [-0.3, -0.25) is 10.7 Å². The minimum absolute atomic E-state index is 0.167. The predicted molar refractivity (Wildman–Crippen MR) is 91.2 cm³/mol. The summed E-state index contributed by atoms with van der Waals surface area (Å²) in [5.74, 6) is 0.352. The molecule has 0 aliphatic carbocycles. The molecular formula is C15H25N5O3. The lowest BCUT2D eigenvalue weighted by Crippen LogP contribution is -2.21. The van der Waals surface area contributed by atoms with Gasteiger partial charge < -0.3 is 21.4 Å². The smallest absolute Gasteiger partial charge is 0.411 e. The molecule has 1 aromatic carbocycles. The Kier molecular flexibility index (Phi) is 13.5. The lowest BCUT2D eigenvalue weighted by molar-refractivity contribution is 0.142. The monoisotopic (exact) mass is 323 g/mol. The van der Waals surface area contributed by atoms with Crippen molar-refractivity contribution in [2.24, 2.45) is 16.6 Å². The van der Waals surface area contributed by atoms with Crippen LogP contribution in [0.5, 0.6) is 0 Å². The number of nitrogens with two attached hydrogens (primary N) is 2. The number of allylic oxidation sites excluding steroid dienone is 1. The van der Waals surface area contributed by atoms with Crippen LogP contribution in [0.2, 0.25) is 0 Å². The third-order valence-electron chi connectivity index (χ3n) is 1.69. The molecule has 7 N–H and O–H groups in total. The molecule has 0 atom stereocenters. The first kappa shape index (κ1) is 22.3. The molecule has 0 heterocycles. The van der Waals surface area contributed by atoms with Gasteiger partial charge in [0.25, 0.3) is 0 Å². The maximum absolute atomic E-state index is 11.0. The van der Waals surface area contributed by atoms with E-state index in [1.165, 1.54) is 13.8 Å². The van der Waals surface area contributed by atoms with Gasteiger partial charge in [0, 0.05) is 5.70 Å². The van der Waals surface area contributed by atoms with Gasteiger partial charge in [-0.25, -0.2) is 4.79 Å². The topological polar surface area (TPSA) is 147 Å². The molecule has 0 saturated heterocycles. The fourth-order valence-electron chi connectivity index (χ4n) is 0.933. The molecule has 0 radical (unpaired) electrons. The van der Waals surface area contributed by atoms with E-state index in [1.54, 1.807) is 6.92 Å². The number of carbonyl (C=O) groups is 1. The summed E-state index contributed by atoms with van der Waals surface area (Å²) in [7, 11) is 0. The number of amides is 1. The summed E-state index contributed by atoms with van der Waals surface area (Å²) in [6.45, 7) is 8.54. The Bertz CT molecular complexity index is 507. The fraction of sp³-hybridized carbons (Fsp3) is 0.267. The van der Waals surface area contributed by atoms with Crippen molar-refractivity contribution in [1.29, 1.82) is 5.41 Å². The van der Waals surface area contributed by atoms with Gasteiger partial charge >= 0.3 is 6.09 Å². The minimum atomic E-state index is -0.471. The predicted octanol–water partition coefficient (Wildman–Crippen LogP) is 2.14. The van der Waals surface area contributed by atoms with E-state index in [1.807, 2.05) is 30.3 Å². The van der Waals surface area contributed by atoms with E-state index in [2.05, 4.69) is 17.1 Å². The Hall–Kier alpha value is -3.03. The van der Waals surface area contributed by atoms with Crippen molar-refractivity contribution in [3.63, 3.8) is 0 Å². The SMILES string of the molecule is C=C(C)NC(=O)OCc1ccccc1.CC(=N)N.CC(N)=NO. The molecule has 128 valence electrons. The lowest BCUT2D eigenvalue weighted by atomic mass is 10.2. The summed E-state index contributed by atoms with van der Waals surface area (Å²) in [5.41, 5.74) is 11.0. The van der Waals surface area contributed by atoms with E-state index < -0.39 is 6.09 Å². The molecule has 0 aliphatic heterocycles. The average molecular weight is 323 g/mol. The summed E-state index contributed by atoms with van der Waals surface area (Å²) < 4.78 is 4.93. The summed E-state index contributed by atoms with van der Waals surface area (Å²) in [4.78, 5) is 11.0. The van der Waals surface area contributed by atoms with Crippen molar-refractivity contribution in [2.75, 3.05) is 0 Å². The van der Waals surface area contributed by atoms with E-state index in [0.29, 0.717) is 5.70 Å². The number of benzene rings is 1. The summed E-state index contributed by atoms with van der Waals surface area (Å²) in [5, 5.41) is 18.9. The number of hydrogen-bond donors (Lipinski definition) is 5. The Morgan fingerprint density at radius 3 is 2.09 bits per heavy atom. The van der Waals surface area contributed by atoms with Crippen LogP contribution in [0.4, 0.5) is 4.79 Å². The van der Waals surface area contributed by atoms with E-state index >= 15 is 0 Å². The van der Waals surface area contributed by atoms with Crippen LogP contribution in [0.25, 0.3) is 0 Å². The van der Waals surface area contributed by atoms with Gasteiger partial charge in [0.05, 0.1) is 5.84 Å². The number of oxime groups is 1. The van der Waals surface area contributed by atoms with Crippen LogP contribution >= 0.6 is 0 Å². The number of nitrogens with zero attached hydrogens (tertiary/aromatic N) is 1. The molecule has 0 aliphatic rings. The molecule has 0 unspecified atom stereocenters. The molecule has 0 aromatic heterocycles. The summed E-state index contributed by atoms with van der Waals surface area (Å²) in [6, 6.07) is 9.50. The molecule has 0 fully saturated rings. The molecule has 8 nitrogen and oxygen atoms in total. The van der Waals surface area contributed by atoms with Crippen molar-refractivity contribution in [3.8, 4) is 0 Å². The number of alkyl carbamates (subject to hydrolysis) is 1. The van der Waals surface area contributed by atoms with Crippen molar-refractivity contribution in [1.82, 2.24) is 5.32 Å². The zero-order valence-electron chi connectivity index (χ0n) is 13.7. The van der Waals surface area contributed by atoms with Gasteiger partial charge in [0.15, 0.2) is 0 Å².